The van der Waals surface area contributed by atoms with Crippen molar-refractivity contribution in [2.24, 2.45) is 16.7 Å². The van der Waals surface area contributed by atoms with E-state index in [0.717, 1.165) is 18.2 Å². The van der Waals surface area contributed by atoms with Crippen LogP contribution in [-0.2, 0) is 6.54 Å². The lowest BCUT2D eigenvalue weighted by Gasteiger charge is -2.65. The van der Waals surface area contributed by atoms with Crippen molar-refractivity contribution in [3.8, 4) is 0 Å². The summed E-state index contributed by atoms with van der Waals surface area (Å²) in [5.74, 6) is 0.344. The van der Waals surface area contributed by atoms with Gasteiger partial charge in [-0.1, -0.05) is 13.8 Å². The molecule has 0 radical (unpaired) electrons. The molecule has 5 rings (SSSR count). The Bertz CT molecular complexity index is 639. The number of rotatable bonds is 4. The van der Waals surface area contributed by atoms with E-state index < -0.39 is 5.91 Å². The van der Waals surface area contributed by atoms with E-state index >= 15 is 0 Å². The first-order valence-electron chi connectivity index (χ1n) is 8.97. The van der Waals surface area contributed by atoms with Crippen molar-refractivity contribution in [2.75, 3.05) is 0 Å². The highest BCUT2D eigenvalue weighted by atomic mass is 16.5. The van der Waals surface area contributed by atoms with Crippen LogP contribution in [0.25, 0.3) is 0 Å². The van der Waals surface area contributed by atoms with Crippen molar-refractivity contribution in [2.45, 2.75) is 64.5 Å². The van der Waals surface area contributed by atoms with Crippen LogP contribution in [0.2, 0.25) is 0 Å². The van der Waals surface area contributed by atoms with Crippen LogP contribution in [0.1, 0.15) is 68.4 Å². The summed E-state index contributed by atoms with van der Waals surface area (Å²) in [5, 5.41) is 12.5. The summed E-state index contributed by atoms with van der Waals surface area (Å²) in [6, 6.07) is 3.57. The van der Waals surface area contributed by atoms with Gasteiger partial charge in [0.25, 0.3) is 5.91 Å². The summed E-state index contributed by atoms with van der Waals surface area (Å²) in [4.78, 5) is 15.7. The normalized spacial score (nSPS) is 39.9. The van der Waals surface area contributed by atoms with Crippen LogP contribution in [-0.4, -0.2) is 21.6 Å². The van der Waals surface area contributed by atoms with Gasteiger partial charge < -0.3 is 5.32 Å². The first-order chi connectivity index (χ1) is 11.3. The van der Waals surface area contributed by atoms with Crippen molar-refractivity contribution >= 4 is 5.91 Å². The zero-order chi connectivity index (χ0) is 17.0. The van der Waals surface area contributed by atoms with Gasteiger partial charge in [0.2, 0.25) is 0 Å². The Balaban J connectivity index is 1.47. The number of nitrogens with zero attached hydrogens (tertiary/aromatic N) is 1. The molecule has 4 aliphatic carbocycles. The van der Waals surface area contributed by atoms with E-state index in [1.54, 1.807) is 11.5 Å². The number of hydroxylamine groups is 1. The Morgan fingerprint density at radius 2 is 1.92 bits per heavy atom. The summed E-state index contributed by atoms with van der Waals surface area (Å²) < 4.78 is 0. The monoisotopic (exact) mass is 329 g/mol. The first kappa shape index (κ1) is 16.0. The summed E-state index contributed by atoms with van der Waals surface area (Å²) in [7, 11) is 0. The van der Waals surface area contributed by atoms with E-state index in [1.807, 2.05) is 6.07 Å². The number of aromatic nitrogens is 1. The topological polar surface area (TPSA) is 74.2 Å². The number of carbonyl (C=O) groups is 1. The van der Waals surface area contributed by atoms with E-state index in [0.29, 0.717) is 16.4 Å². The van der Waals surface area contributed by atoms with Gasteiger partial charge in [-0.2, -0.15) is 0 Å². The average molecular weight is 329 g/mol. The summed E-state index contributed by atoms with van der Waals surface area (Å²) in [5.41, 5.74) is 4.20. The second kappa shape index (κ2) is 5.27. The minimum Gasteiger partial charge on any atom is -0.306 e. The summed E-state index contributed by atoms with van der Waals surface area (Å²) in [6.45, 7) is 5.69. The Morgan fingerprint density at radius 1 is 1.21 bits per heavy atom. The maximum atomic E-state index is 11.4. The van der Waals surface area contributed by atoms with E-state index in [-0.39, 0.29) is 5.54 Å². The lowest BCUT2D eigenvalue weighted by atomic mass is 9.43. The fraction of sp³-hybridized carbons (Fsp3) is 0.684. The maximum absolute atomic E-state index is 11.4. The molecule has 1 aromatic rings. The highest BCUT2D eigenvalue weighted by Gasteiger charge is 2.59. The van der Waals surface area contributed by atoms with Crippen molar-refractivity contribution in [3.63, 3.8) is 0 Å². The van der Waals surface area contributed by atoms with Crippen LogP contribution in [0.4, 0.5) is 0 Å². The van der Waals surface area contributed by atoms with Gasteiger partial charge >= 0.3 is 0 Å². The van der Waals surface area contributed by atoms with Crippen LogP contribution >= 0.6 is 0 Å². The van der Waals surface area contributed by atoms with E-state index in [4.69, 9.17) is 5.21 Å². The van der Waals surface area contributed by atoms with Crippen molar-refractivity contribution in [3.05, 3.63) is 29.6 Å². The fourth-order valence-electron chi connectivity index (χ4n) is 6.65. The SMILES string of the molecule is CC12CC3CC(C)(C1)CC(NCc1ccc(C(=O)NO)cn1)(C3)C2. The molecule has 3 N–H and O–H groups in total. The number of hydrogen-bond acceptors (Lipinski definition) is 4. The molecule has 1 heterocycles. The molecule has 2 atom stereocenters. The zero-order valence-corrected chi connectivity index (χ0v) is 14.6. The zero-order valence-electron chi connectivity index (χ0n) is 14.6. The summed E-state index contributed by atoms with van der Waals surface area (Å²) >= 11 is 0. The van der Waals surface area contributed by atoms with E-state index in [1.165, 1.54) is 44.7 Å². The van der Waals surface area contributed by atoms with Crippen molar-refractivity contribution in [1.82, 2.24) is 15.8 Å². The predicted octanol–water partition coefficient (Wildman–Crippen LogP) is 3.04. The fourth-order valence-corrected chi connectivity index (χ4v) is 6.65. The Kier molecular flexibility index (Phi) is 3.52. The molecular weight excluding hydrogens is 302 g/mol. The molecule has 2 unspecified atom stereocenters. The van der Waals surface area contributed by atoms with Gasteiger partial charge in [-0.3, -0.25) is 15.0 Å². The van der Waals surface area contributed by atoms with Gasteiger partial charge in [0, 0.05) is 18.3 Å². The Hall–Kier alpha value is -1.46. The number of pyridine rings is 1. The second-order valence-corrected chi connectivity index (χ2v) is 9.24. The van der Waals surface area contributed by atoms with Crippen molar-refractivity contribution in [1.29, 1.82) is 0 Å². The van der Waals surface area contributed by atoms with Gasteiger partial charge in [0.05, 0.1) is 11.3 Å². The van der Waals surface area contributed by atoms with Crippen LogP contribution < -0.4 is 10.8 Å². The highest BCUT2D eigenvalue weighted by molar-refractivity contribution is 5.92. The van der Waals surface area contributed by atoms with Gasteiger partial charge in [-0.05, 0) is 67.4 Å². The smallest absolute Gasteiger partial charge is 0.276 e. The van der Waals surface area contributed by atoms with Crippen LogP contribution in [0.5, 0.6) is 0 Å². The predicted molar refractivity (Wildman–Crippen MR) is 90.5 cm³/mol. The molecule has 4 bridgehead atoms. The Morgan fingerprint density at radius 3 is 2.46 bits per heavy atom. The molecule has 1 amide bonds. The molecule has 5 nitrogen and oxygen atoms in total. The molecule has 0 aromatic carbocycles. The van der Waals surface area contributed by atoms with Gasteiger partial charge in [0.15, 0.2) is 0 Å². The standard InChI is InChI=1S/C19H27N3O2/c1-17-5-13-6-18(2,10-17)12-19(7-13,11-17)21-9-15-4-3-14(8-20-15)16(23)22-24/h3-4,8,13,21,24H,5-7,9-12H2,1-2H3,(H,22,23). The molecule has 5 heteroatoms. The van der Waals surface area contributed by atoms with Gasteiger partial charge in [-0.25, -0.2) is 5.48 Å². The van der Waals surface area contributed by atoms with Crippen LogP contribution in [0, 0.1) is 16.7 Å². The first-order valence-corrected chi connectivity index (χ1v) is 8.97. The van der Waals surface area contributed by atoms with Crippen LogP contribution in [0.3, 0.4) is 0 Å². The molecule has 0 spiro atoms. The van der Waals surface area contributed by atoms with Crippen LogP contribution in [0.15, 0.2) is 18.3 Å². The van der Waals surface area contributed by atoms with Gasteiger partial charge in [0.1, 0.15) is 0 Å². The third-order valence-corrected chi connectivity index (χ3v) is 6.46. The molecular formula is C19H27N3O2. The molecule has 4 saturated carbocycles. The quantitative estimate of drug-likeness (QED) is 0.586. The number of amides is 1. The maximum Gasteiger partial charge on any atom is 0.276 e. The van der Waals surface area contributed by atoms with Crippen molar-refractivity contribution < 1.29 is 10.0 Å². The molecule has 0 saturated heterocycles. The van der Waals surface area contributed by atoms with E-state index in [9.17, 15) is 4.79 Å². The van der Waals surface area contributed by atoms with E-state index in [2.05, 4.69) is 24.1 Å². The second-order valence-electron chi connectivity index (χ2n) is 9.24. The minimum atomic E-state index is -0.524. The molecule has 0 aliphatic heterocycles. The molecule has 24 heavy (non-hydrogen) atoms. The Labute approximate surface area is 143 Å². The molecule has 4 aliphatic rings. The lowest BCUT2D eigenvalue weighted by Crippen LogP contribution is -2.63. The third-order valence-electron chi connectivity index (χ3n) is 6.46. The minimum absolute atomic E-state index is 0.256. The molecule has 1 aromatic heterocycles. The summed E-state index contributed by atoms with van der Waals surface area (Å²) in [6.07, 6.45) is 9.54. The lowest BCUT2D eigenvalue weighted by molar-refractivity contribution is -0.118. The number of hydrogen-bond donors (Lipinski definition) is 3. The molecule has 4 fully saturated rings. The number of carbonyl (C=O) groups excluding carboxylic acids is 1. The highest BCUT2D eigenvalue weighted by Crippen LogP contribution is 2.66. The number of nitrogens with one attached hydrogen (secondary N) is 2. The van der Waals surface area contributed by atoms with Gasteiger partial charge in [-0.15, -0.1) is 0 Å². The average Bonchev–Trinajstić information content (AvgIpc) is 2.49. The largest absolute Gasteiger partial charge is 0.306 e. The molecule has 130 valence electrons. The third kappa shape index (κ3) is 2.74.